The first-order chi connectivity index (χ1) is 16.4. The lowest BCUT2D eigenvalue weighted by Crippen LogP contribution is -2.61. The summed E-state index contributed by atoms with van der Waals surface area (Å²) in [5.74, 6) is 0.656. The molecule has 1 atom stereocenters. The van der Waals surface area contributed by atoms with E-state index >= 15 is 0 Å². The molecule has 6 nitrogen and oxygen atoms in total. The summed E-state index contributed by atoms with van der Waals surface area (Å²) in [6, 6.07) is 12.4. The van der Waals surface area contributed by atoms with Gasteiger partial charge in [0, 0.05) is 36.3 Å². The fraction of sp³-hybridized carbons (Fsp3) is 0.520. The SMILES string of the molecule is OC(CN[C@H]1CC[C@H](NCC2(Oc3ccc(Cl)c(F)c3)COC2)CC1)COc1ccc(Cl)cc1. The van der Waals surface area contributed by atoms with Crippen LogP contribution in [0, 0.1) is 5.82 Å². The van der Waals surface area contributed by atoms with E-state index < -0.39 is 17.5 Å². The summed E-state index contributed by atoms with van der Waals surface area (Å²) in [6.07, 6.45) is 3.52. The predicted molar refractivity (Wildman–Crippen MR) is 131 cm³/mol. The number of nitrogens with one attached hydrogen (secondary N) is 2. The van der Waals surface area contributed by atoms with Gasteiger partial charge < -0.3 is 30.0 Å². The second-order valence-corrected chi connectivity index (χ2v) is 9.95. The zero-order valence-corrected chi connectivity index (χ0v) is 20.5. The van der Waals surface area contributed by atoms with Crippen molar-refractivity contribution in [2.75, 3.05) is 32.9 Å². The third-order valence-electron chi connectivity index (χ3n) is 6.29. The Morgan fingerprint density at radius 2 is 1.65 bits per heavy atom. The number of hydrogen-bond donors (Lipinski definition) is 3. The number of ether oxygens (including phenoxy) is 3. The van der Waals surface area contributed by atoms with Gasteiger partial charge in [-0.05, 0) is 62.1 Å². The Labute approximate surface area is 209 Å². The molecule has 0 bridgehead atoms. The van der Waals surface area contributed by atoms with Crippen LogP contribution in [0.5, 0.6) is 11.5 Å². The van der Waals surface area contributed by atoms with Gasteiger partial charge in [0.25, 0.3) is 0 Å². The second kappa shape index (κ2) is 11.9. The highest BCUT2D eigenvalue weighted by Crippen LogP contribution is 2.29. The smallest absolute Gasteiger partial charge is 0.167 e. The Kier molecular flexibility index (Phi) is 8.91. The van der Waals surface area contributed by atoms with Crippen LogP contribution in [0.4, 0.5) is 4.39 Å². The summed E-state index contributed by atoms with van der Waals surface area (Å²) in [5.41, 5.74) is -0.483. The minimum atomic E-state index is -0.583. The van der Waals surface area contributed by atoms with E-state index in [0.29, 0.717) is 54.9 Å². The molecule has 0 aromatic heterocycles. The molecular weight excluding hydrogens is 482 g/mol. The number of aliphatic hydroxyl groups is 1. The van der Waals surface area contributed by atoms with Crippen molar-refractivity contribution in [2.45, 2.75) is 49.5 Å². The Morgan fingerprint density at radius 1 is 1.00 bits per heavy atom. The highest BCUT2D eigenvalue weighted by molar-refractivity contribution is 6.30. The van der Waals surface area contributed by atoms with Gasteiger partial charge in [-0.15, -0.1) is 0 Å². The van der Waals surface area contributed by atoms with Crippen LogP contribution in [0.1, 0.15) is 25.7 Å². The molecule has 2 aliphatic rings. The molecule has 2 aromatic carbocycles. The van der Waals surface area contributed by atoms with Crippen LogP contribution in [-0.2, 0) is 4.74 Å². The summed E-state index contributed by atoms with van der Waals surface area (Å²) < 4.78 is 30.8. The molecule has 34 heavy (non-hydrogen) atoms. The molecule has 2 aromatic rings. The summed E-state index contributed by atoms with van der Waals surface area (Å²) in [5, 5.41) is 18.0. The van der Waals surface area contributed by atoms with E-state index in [9.17, 15) is 9.50 Å². The molecule has 1 saturated heterocycles. The molecule has 4 rings (SSSR count). The molecule has 3 N–H and O–H groups in total. The Balaban J connectivity index is 1.13. The van der Waals surface area contributed by atoms with Crippen molar-refractivity contribution in [3.63, 3.8) is 0 Å². The zero-order chi connectivity index (χ0) is 24.0. The largest absolute Gasteiger partial charge is 0.491 e. The Morgan fingerprint density at radius 3 is 2.26 bits per heavy atom. The maximum atomic E-state index is 13.7. The lowest BCUT2D eigenvalue weighted by Gasteiger charge is -2.43. The van der Waals surface area contributed by atoms with Gasteiger partial charge in [0.2, 0.25) is 0 Å². The minimum absolute atomic E-state index is 0.0800. The van der Waals surface area contributed by atoms with Crippen molar-refractivity contribution in [1.82, 2.24) is 10.6 Å². The fourth-order valence-corrected chi connectivity index (χ4v) is 4.48. The van der Waals surface area contributed by atoms with Crippen LogP contribution in [0.15, 0.2) is 42.5 Å². The molecule has 0 spiro atoms. The summed E-state index contributed by atoms with van der Waals surface area (Å²) in [6.45, 7) is 2.30. The molecule has 186 valence electrons. The van der Waals surface area contributed by atoms with Crippen LogP contribution >= 0.6 is 23.2 Å². The monoisotopic (exact) mass is 512 g/mol. The zero-order valence-electron chi connectivity index (χ0n) is 18.9. The number of aliphatic hydroxyl groups excluding tert-OH is 1. The van der Waals surface area contributed by atoms with Gasteiger partial charge >= 0.3 is 0 Å². The standard InChI is InChI=1S/C25H31Cl2FN2O4/c26-17-1-7-21(8-2-17)33-13-20(31)12-29-18-3-5-19(6-4-18)30-14-25(15-32-16-25)34-22-9-10-23(27)24(28)11-22/h1-2,7-11,18-20,29-31H,3-6,12-16H2/t18-,19-,20?. The molecule has 0 amide bonds. The molecule has 1 aliphatic carbocycles. The van der Waals surface area contributed by atoms with E-state index in [1.54, 1.807) is 30.3 Å². The van der Waals surface area contributed by atoms with Gasteiger partial charge in [0.1, 0.15) is 30.0 Å². The average molecular weight is 513 g/mol. The van der Waals surface area contributed by atoms with Gasteiger partial charge in [-0.2, -0.15) is 0 Å². The van der Waals surface area contributed by atoms with Gasteiger partial charge in [0.15, 0.2) is 5.60 Å². The molecule has 2 fully saturated rings. The second-order valence-electron chi connectivity index (χ2n) is 9.11. The molecule has 1 saturated carbocycles. The molecule has 1 unspecified atom stereocenters. The third-order valence-corrected chi connectivity index (χ3v) is 6.85. The van der Waals surface area contributed by atoms with Gasteiger partial charge in [-0.3, -0.25) is 0 Å². The van der Waals surface area contributed by atoms with Crippen LogP contribution in [0.2, 0.25) is 10.0 Å². The van der Waals surface area contributed by atoms with E-state index in [-0.39, 0.29) is 11.6 Å². The normalized spacial score (nSPS) is 22.6. The van der Waals surface area contributed by atoms with Crippen molar-refractivity contribution in [3.05, 3.63) is 58.3 Å². The van der Waals surface area contributed by atoms with Crippen LogP contribution in [0.3, 0.4) is 0 Å². The van der Waals surface area contributed by atoms with Crippen molar-refractivity contribution in [1.29, 1.82) is 0 Å². The lowest BCUT2D eigenvalue weighted by atomic mass is 9.90. The predicted octanol–water partition coefficient (Wildman–Crippen LogP) is 4.21. The number of hydrogen-bond acceptors (Lipinski definition) is 6. The lowest BCUT2D eigenvalue weighted by molar-refractivity contribution is -0.159. The van der Waals surface area contributed by atoms with Crippen molar-refractivity contribution in [3.8, 4) is 11.5 Å². The molecule has 0 radical (unpaired) electrons. The highest BCUT2D eigenvalue weighted by atomic mass is 35.5. The first-order valence-electron chi connectivity index (χ1n) is 11.7. The number of halogens is 3. The quantitative estimate of drug-likeness (QED) is 0.418. The van der Waals surface area contributed by atoms with Gasteiger partial charge in [-0.1, -0.05) is 23.2 Å². The van der Waals surface area contributed by atoms with Crippen molar-refractivity contribution >= 4 is 23.2 Å². The topological polar surface area (TPSA) is 72.0 Å². The van der Waals surface area contributed by atoms with E-state index in [1.807, 2.05) is 0 Å². The Hall–Kier alpha value is -1.61. The van der Waals surface area contributed by atoms with Gasteiger partial charge in [-0.25, -0.2) is 4.39 Å². The van der Waals surface area contributed by atoms with Crippen LogP contribution in [0.25, 0.3) is 0 Å². The number of rotatable bonds is 11. The third kappa shape index (κ3) is 7.20. The van der Waals surface area contributed by atoms with Crippen LogP contribution in [-0.4, -0.2) is 61.8 Å². The van der Waals surface area contributed by atoms with E-state index in [4.69, 9.17) is 37.4 Å². The van der Waals surface area contributed by atoms with Crippen molar-refractivity contribution in [2.24, 2.45) is 0 Å². The Bertz CT molecular complexity index is 922. The van der Waals surface area contributed by atoms with E-state index in [2.05, 4.69) is 10.6 Å². The molecule has 1 heterocycles. The first kappa shape index (κ1) is 25.5. The van der Waals surface area contributed by atoms with E-state index in [0.717, 1.165) is 25.7 Å². The minimum Gasteiger partial charge on any atom is -0.491 e. The molecular formula is C25H31Cl2FN2O4. The van der Waals surface area contributed by atoms with Crippen molar-refractivity contribution < 1.29 is 23.7 Å². The first-order valence-corrected chi connectivity index (χ1v) is 12.4. The van der Waals surface area contributed by atoms with E-state index in [1.165, 1.54) is 12.1 Å². The summed E-state index contributed by atoms with van der Waals surface area (Å²) in [7, 11) is 0. The summed E-state index contributed by atoms with van der Waals surface area (Å²) in [4.78, 5) is 0. The highest BCUT2D eigenvalue weighted by Gasteiger charge is 2.41. The molecule has 1 aliphatic heterocycles. The fourth-order valence-electron chi connectivity index (χ4n) is 4.23. The van der Waals surface area contributed by atoms with Crippen LogP contribution < -0.4 is 20.1 Å². The maximum Gasteiger partial charge on any atom is 0.167 e. The number of benzene rings is 2. The summed E-state index contributed by atoms with van der Waals surface area (Å²) >= 11 is 11.6. The maximum absolute atomic E-state index is 13.7. The van der Waals surface area contributed by atoms with Gasteiger partial charge in [0.05, 0.1) is 18.2 Å². The average Bonchev–Trinajstić information content (AvgIpc) is 2.82. The molecule has 9 heteroatoms.